The third-order valence-corrected chi connectivity index (χ3v) is 8.05. The van der Waals surface area contributed by atoms with Crippen molar-refractivity contribution in [3.8, 4) is 10.4 Å². The van der Waals surface area contributed by atoms with Crippen LogP contribution in [0, 0.1) is 12.3 Å². The summed E-state index contributed by atoms with van der Waals surface area (Å²) in [7, 11) is 0. The summed E-state index contributed by atoms with van der Waals surface area (Å²) in [5.41, 5.74) is 9.76. The standard InChI is InChI=1S/C29H43N5O4S/c1-19-25(39-18-32-19)21-12-10-20(11-13-21)16-31-27(37)23-15-22(35)17-34(23)28(38)26(29(2,3)4)33-24(36)9-7-5-6-8-14-30/h10-13,18,22-23,26,35H,5-9,14-17,30H2,1-4H3,(H,31,37)(H,33,36)/t22-,23+,26?/m1/s1. The summed E-state index contributed by atoms with van der Waals surface area (Å²) in [5.74, 6) is -0.852. The number of β-amino-alcohol motifs (C(OH)–C–C–N with tert-alkyl or cyclic N) is 1. The fraction of sp³-hybridized carbons (Fsp3) is 0.586. The highest BCUT2D eigenvalue weighted by Crippen LogP contribution is 2.28. The van der Waals surface area contributed by atoms with Gasteiger partial charge in [-0.05, 0) is 42.9 Å². The first-order valence-corrected chi connectivity index (χ1v) is 14.6. The number of carbonyl (C=O) groups is 3. The molecule has 1 aromatic heterocycles. The van der Waals surface area contributed by atoms with Gasteiger partial charge in [-0.3, -0.25) is 14.4 Å². The highest BCUT2D eigenvalue weighted by atomic mass is 32.1. The van der Waals surface area contributed by atoms with E-state index in [2.05, 4.69) is 15.6 Å². The molecule has 2 heterocycles. The largest absolute Gasteiger partial charge is 0.391 e. The van der Waals surface area contributed by atoms with Gasteiger partial charge in [-0.2, -0.15) is 0 Å². The molecule has 9 nitrogen and oxygen atoms in total. The number of carbonyl (C=O) groups excluding carboxylic acids is 3. The molecule has 1 saturated heterocycles. The van der Waals surface area contributed by atoms with Gasteiger partial charge in [-0.1, -0.05) is 57.9 Å². The van der Waals surface area contributed by atoms with Gasteiger partial charge in [0.25, 0.3) is 0 Å². The van der Waals surface area contributed by atoms with Gasteiger partial charge < -0.3 is 26.4 Å². The zero-order chi connectivity index (χ0) is 28.6. The van der Waals surface area contributed by atoms with Crippen molar-refractivity contribution in [2.24, 2.45) is 11.1 Å². The van der Waals surface area contributed by atoms with Crippen LogP contribution in [0.2, 0.25) is 0 Å². The molecule has 5 N–H and O–H groups in total. The molecule has 39 heavy (non-hydrogen) atoms. The van der Waals surface area contributed by atoms with Crippen molar-refractivity contribution in [2.75, 3.05) is 13.1 Å². The average molecular weight is 558 g/mol. The van der Waals surface area contributed by atoms with Crippen LogP contribution in [-0.4, -0.2) is 64.0 Å². The van der Waals surface area contributed by atoms with Crippen LogP contribution < -0.4 is 16.4 Å². The predicted octanol–water partition coefficient (Wildman–Crippen LogP) is 3.14. The Morgan fingerprint density at radius 2 is 1.85 bits per heavy atom. The number of rotatable bonds is 12. The lowest BCUT2D eigenvalue weighted by molar-refractivity contribution is -0.144. The molecule has 10 heteroatoms. The Morgan fingerprint density at radius 3 is 2.46 bits per heavy atom. The number of aromatic nitrogens is 1. The predicted molar refractivity (Wildman–Crippen MR) is 154 cm³/mol. The summed E-state index contributed by atoms with van der Waals surface area (Å²) in [6, 6.07) is 6.32. The fourth-order valence-electron chi connectivity index (χ4n) is 4.80. The van der Waals surface area contributed by atoms with E-state index in [1.807, 2.05) is 57.5 Å². The van der Waals surface area contributed by atoms with Crippen LogP contribution >= 0.6 is 11.3 Å². The van der Waals surface area contributed by atoms with Crippen molar-refractivity contribution in [1.29, 1.82) is 0 Å². The maximum Gasteiger partial charge on any atom is 0.246 e. The van der Waals surface area contributed by atoms with Gasteiger partial charge in [0, 0.05) is 25.9 Å². The Morgan fingerprint density at radius 1 is 1.15 bits per heavy atom. The normalized spacial score (nSPS) is 18.2. The number of aryl methyl sites for hydroxylation is 1. The van der Waals surface area contributed by atoms with Gasteiger partial charge in [-0.25, -0.2) is 4.98 Å². The number of aliphatic hydroxyl groups excluding tert-OH is 1. The van der Waals surface area contributed by atoms with Crippen molar-refractivity contribution in [3.05, 3.63) is 41.0 Å². The number of hydrogen-bond donors (Lipinski definition) is 4. The Kier molecular flexibility index (Phi) is 11.0. The molecule has 1 aliphatic rings. The molecule has 1 fully saturated rings. The van der Waals surface area contributed by atoms with Crippen molar-refractivity contribution < 1.29 is 19.5 Å². The molecular formula is C29H43N5O4S. The first-order chi connectivity index (χ1) is 18.5. The molecule has 1 unspecified atom stereocenters. The van der Waals surface area contributed by atoms with E-state index in [1.165, 1.54) is 4.90 Å². The van der Waals surface area contributed by atoms with E-state index in [-0.39, 0.29) is 30.7 Å². The minimum atomic E-state index is -0.808. The van der Waals surface area contributed by atoms with Gasteiger partial charge in [-0.15, -0.1) is 11.3 Å². The maximum atomic E-state index is 13.7. The summed E-state index contributed by atoms with van der Waals surface area (Å²) < 4.78 is 0. The Balaban J connectivity index is 1.61. The Labute approximate surface area is 235 Å². The lowest BCUT2D eigenvalue weighted by Gasteiger charge is -2.35. The van der Waals surface area contributed by atoms with E-state index >= 15 is 0 Å². The highest BCUT2D eigenvalue weighted by Gasteiger charge is 2.44. The molecule has 0 radical (unpaired) electrons. The summed E-state index contributed by atoms with van der Waals surface area (Å²) in [4.78, 5) is 46.3. The third kappa shape index (κ3) is 8.58. The lowest BCUT2D eigenvalue weighted by Crippen LogP contribution is -2.57. The molecular weight excluding hydrogens is 514 g/mol. The van der Waals surface area contributed by atoms with Crippen LogP contribution in [0.3, 0.4) is 0 Å². The molecule has 0 bridgehead atoms. The number of amides is 3. The molecule has 1 aliphatic heterocycles. The average Bonchev–Trinajstić information content (AvgIpc) is 3.50. The molecule has 0 spiro atoms. The molecule has 0 saturated carbocycles. The number of benzene rings is 1. The molecule has 214 valence electrons. The van der Waals surface area contributed by atoms with Crippen LogP contribution in [0.25, 0.3) is 10.4 Å². The topological polar surface area (TPSA) is 138 Å². The second kappa shape index (κ2) is 14.0. The zero-order valence-electron chi connectivity index (χ0n) is 23.5. The molecule has 3 atom stereocenters. The van der Waals surface area contributed by atoms with Crippen molar-refractivity contribution >= 4 is 29.1 Å². The number of hydrogen-bond acceptors (Lipinski definition) is 7. The zero-order valence-corrected chi connectivity index (χ0v) is 24.4. The fourth-order valence-corrected chi connectivity index (χ4v) is 5.61. The number of aliphatic hydroxyl groups is 1. The monoisotopic (exact) mass is 557 g/mol. The summed E-state index contributed by atoms with van der Waals surface area (Å²) in [6.07, 6.45) is 3.24. The Bertz CT molecular complexity index is 1110. The number of likely N-dealkylation sites (tertiary alicyclic amines) is 1. The van der Waals surface area contributed by atoms with Crippen molar-refractivity contribution in [1.82, 2.24) is 20.5 Å². The lowest BCUT2D eigenvalue weighted by atomic mass is 9.85. The summed E-state index contributed by atoms with van der Waals surface area (Å²) >= 11 is 1.59. The smallest absolute Gasteiger partial charge is 0.246 e. The summed E-state index contributed by atoms with van der Waals surface area (Å²) in [6.45, 7) is 8.63. The molecule has 0 aliphatic carbocycles. The first kappa shape index (κ1) is 30.7. The number of nitrogens with one attached hydrogen (secondary N) is 2. The van der Waals surface area contributed by atoms with Crippen LogP contribution in [0.4, 0.5) is 0 Å². The van der Waals surface area contributed by atoms with Crippen LogP contribution in [-0.2, 0) is 20.9 Å². The van der Waals surface area contributed by atoms with E-state index in [0.29, 0.717) is 19.5 Å². The van der Waals surface area contributed by atoms with Gasteiger partial charge >= 0.3 is 0 Å². The van der Waals surface area contributed by atoms with Crippen molar-refractivity contribution in [3.63, 3.8) is 0 Å². The van der Waals surface area contributed by atoms with E-state index in [0.717, 1.165) is 47.4 Å². The number of thiazole rings is 1. The minimum absolute atomic E-state index is 0.0569. The van der Waals surface area contributed by atoms with E-state index < -0.39 is 23.6 Å². The van der Waals surface area contributed by atoms with Gasteiger partial charge in [0.05, 0.1) is 22.2 Å². The molecule has 3 amide bonds. The minimum Gasteiger partial charge on any atom is -0.391 e. The number of nitrogens with zero attached hydrogens (tertiary/aromatic N) is 2. The highest BCUT2D eigenvalue weighted by molar-refractivity contribution is 7.13. The molecule has 1 aromatic carbocycles. The quantitative estimate of drug-likeness (QED) is 0.296. The van der Waals surface area contributed by atoms with E-state index in [9.17, 15) is 19.5 Å². The van der Waals surface area contributed by atoms with E-state index in [1.54, 1.807) is 11.3 Å². The van der Waals surface area contributed by atoms with E-state index in [4.69, 9.17) is 5.73 Å². The number of nitrogens with two attached hydrogens (primary N) is 1. The number of unbranched alkanes of at least 4 members (excludes halogenated alkanes) is 3. The van der Waals surface area contributed by atoms with Gasteiger partial charge in [0.15, 0.2) is 0 Å². The Hall–Kier alpha value is -2.82. The van der Waals surface area contributed by atoms with Gasteiger partial charge in [0.1, 0.15) is 12.1 Å². The van der Waals surface area contributed by atoms with Crippen molar-refractivity contribution in [2.45, 2.75) is 91.0 Å². The van der Waals surface area contributed by atoms with Gasteiger partial charge in [0.2, 0.25) is 17.7 Å². The molecule has 2 aromatic rings. The van der Waals surface area contributed by atoms with Crippen LogP contribution in [0.15, 0.2) is 29.8 Å². The first-order valence-electron chi connectivity index (χ1n) is 13.8. The second-order valence-electron chi connectivity index (χ2n) is 11.4. The second-order valence-corrected chi connectivity index (χ2v) is 12.3. The van der Waals surface area contributed by atoms with Crippen LogP contribution in [0.5, 0.6) is 0 Å². The maximum absolute atomic E-state index is 13.7. The third-order valence-electron chi connectivity index (χ3n) is 7.07. The SMILES string of the molecule is Cc1ncsc1-c1ccc(CNC(=O)[C@@H]2C[C@@H](O)CN2C(=O)C(NC(=O)CCCCCCN)C(C)(C)C)cc1. The summed E-state index contributed by atoms with van der Waals surface area (Å²) in [5, 5.41) is 16.2. The van der Waals surface area contributed by atoms with Crippen LogP contribution in [0.1, 0.15) is 70.6 Å². The molecule has 3 rings (SSSR count).